The summed E-state index contributed by atoms with van der Waals surface area (Å²) in [6, 6.07) is 0. The van der Waals surface area contributed by atoms with Crippen LogP contribution in [0.3, 0.4) is 0 Å². The molecule has 2 atom stereocenters. The van der Waals surface area contributed by atoms with E-state index in [0.717, 1.165) is 70.6 Å². The first-order valence-electron chi connectivity index (χ1n) is 28.4. The number of hydrogen-bond donors (Lipinski definition) is 1. The molecule has 0 saturated heterocycles. The number of phosphoric acid groups is 1. The highest BCUT2D eigenvalue weighted by Crippen LogP contribution is 2.43. The maximum Gasteiger partial charge on any atom is 0.472 e. The minimum absolute atomic E-state index is 0.0279. The van der Waals surface area contributed by atoms with Gasteiger partial charge in [-0.1, -0.05) is 223 Å². The molecule has 0 spiro atoms. The highest BCUT2D eigenvalue weighted by Gasteiger charge is 2.27. The molecule has 0 aromatic heterocycles. The summed E-state index contributed by atoms with van der Waals surface area (Å²) in [4.78, 5) is 35.6. The lowest BCUT2D eigenvalue weighted by atomic mass is 10.0. The van der Waals surface area contributed by atoms with Gasteiger partial charge in [0.2, 0.25) is 0 Å². The SMILES string of the molecule is CC/C=C\C/C=C\C/C=C\CCCCCCCC(=O)OC(COC(=O)CCCCCCCCCCCCCCCCCCC/C=C\CCCCCCCCCC)COP(=O)(O)OCC[N+](C)(C)C. The predicted octanol–water partition coefficient (Wildman–Crippen LogP) is 17.4. The van der Waals surface area contributed by atoms with Crippen molar-refractivity contribution in [1.82, 2.24) is 0 Å². The van der Waals surface area contributed by atoms with E-state index < -0.39 is 26.5 Å². The zero-order valence-corrected chi connectivity index (χ0v) is 46.0. The molecule has 0 aromatic carbocycles. The zero-order valence-electron chi connectivity index (χ0n) is 45.1. The summed E-state index contributed by atoms with van der Waals surface area (Å²) >= 11 is 0. The van der Waals surface area contributed by atoms with E-state index in [4.69, 9.17) is 18.5 Å². The number of rotatable bonds is 52. The van der Waals surface area contributed by atoms with Gasteiger partial charge in [-0.3, -0.25) is 18.6 Å². The number of allylic oxidation sites excluding steroid dienone is 8. The molecule has 0 aliphatic carbocycles. The molecule has 0 aliphatic heterocycles. The van der Waals surface area contributed by atoms with Crippen LogP contribution in [0, 0.1) is 0 Å². The summed E-state index contributed by atoms with van der Waals surface area (Å²) < 4.78 is 34.5. The highest BCUT2D eigenvalue weighted by atomic mass is 31.2. The first-order chi connectivity index (χ1) is 33.0. The van der Waals surface area contributed by atoms with Crippen LogP contribution in [0.1, 0.15) is 258 Å². The van der Waals surface area contributed by atoms with Crippen molar-refractivity contribution in [2.24, 2.45) is 0 Å². The van der Waals surface area contributed by atoms with Gasteiger partial charge in [0.15, 0.2) is 6.10 Å². The van der Waals surface area contributed by atoms with Crippen LogP contribution >= 0.6 is 7.82 Å². The Balaban J connectivity index is 4.07. The van der Waals surface area contributed by atoms with E-state index in [2.05, 4.69) is 62.5 Å². The van der Waals surface area contributed by atoms with Crippen molar-refractivity contribution in [2.45, 2.75) is 264 Å². The van der Waals surface area contributed by atoms with Gasteiger partial charge in [-0.25, -0.2) is 4.57 Å². The van der Waals surface area contributed by atoms with Crippen molar-refractivity contribution in [3.05, 3.63) is 48.6 Å². The number of carbonyl (C=O) groups excluding carboxylic acids is 2. The lowest BCUT2D eigenvalue weighted by Crippen LogP contribution is -2.37. The Morgan fingerprint density at radius 1 is 0.471 bits per heavy atom. The molecule has 0 aromatic rings. The third-order valence-electron chi connectivity index (χ3n) is 12.3. The van der Waals surface area contributed by atoms with E-state index in [1.54, 1.807) is 0 Å². The Morgan fingerprint density at radius 2 is 0.838 bits per heavy atom. The number of likely N-dealkylation sites (N-methyl/N-ethyl adjacent to an activating group) is 1. The molecular weight excluding hydrogens is 870 g/mol. The fraction of sp³-hybridized carbons (Fsp3) is 0.828. The van der Waals surface area contributed by atoms with Gasteiger partial charge in [-0.15, -0.1) is 0 Å². The van der Waals surface area contributed by atoms with Crippen LogP contribution in [0.2, 0.25) is 0 Å². The maximum absolute atomic E-state index is 12.7. The molecule has 0 fully saturated rings. The van der Waals surface area contributed by atoms with Crippen molar-refractivity contribution in [3.8, 4) is 0 Å². The Hall–Kier alpha value is -2.03. The molecule has 0 amide bonds. The van der Waals surface area contributed by atoms with Crippen molar-refractivity contribution < 1.29 is 42.1 Å². The van der Waals surface area contributed by atoms with Gasteiger partial charge in [0.25, 0.3) is 0 Å². The van der Waals surface area contributed by atoms with Gasteiger partial charge >= 0.3 is 19.8 Å². The Kier molecular flexibility index (Phi) is 48.4. The van der Waals surface area contributed by atoms with Crippen molar-refractivity contribution in [3.63, 3.8) is 0 Å². The Morgan fingerprint density at radius 3 is 1.26 bits per heavy atom. The quantitative estimate of drug-likeness (QED) is 0.0211. The molecule has 9 nitrogen and oxygen atoms in total. The summed E-state index contributed by atoms with van der Waals surface area (Å²) in [7, 11) is 1.47. The molecule has 398 valence electrons. The van der Waals surface area contributed by atoms with E-state index in [0.29, 0.717) is 17.4 Å². The number of nitrogens with zero attached hydrogens (tertiary/aromatic N) is 1. The van der Waals surface area contributed by atoms with Crippen LogP contribution < -0.4 is 0 Å². The molecule has 10 heteroatoms. The number of phosphoric ester groups is 1. The topological polar surface area (TPSA) is 108 Å². The Bertz CT molecular complexity index is 1290. The highest BCUT2D eigenvalue weighted by molar-refractivity contribution is 7.47. The summed E-state index contributed by atoms with van der Waals surface area (Å²) in [6.45, 7) is 4.32. The molecule has 0 aliphatic rings. The monoisotopic (exact) mass is 979 g/mol. The molecule has 2 unspecified atom stereocenters. The second kappa shape index (κ2) is 49.9. The lowest BCUT2D eigenvalue weighted by Gasteiger charge is -2.24. The first kappa shape index (κ1) is 66.0. The molecule has 0 rings (SSSR count). The first-order valence-corrected chi connectivity index (χ1v) is 29.9. The van der Waals surface area contributed by atoms with Gasteiger partial charge < -0.3 is 18.9 Å². The Labute approximate surface area is 420 Å². The summed E-state index contributed by atoms with van der Waals surface area (Å²) in [5.41, 5.74) is 0. The second-order valence-corrected chi connectivity index (χ2v) is 21.7. The third kappa shape index (κ3) is 53.3. The fourth-order valence-corrected chi connectivity index (χ4v) is 8.71. The van der Waals surface area contributed by atoms with Crippen molar-refractivity contribution >= 4 is 19.8 Å². The minimum atomic E-state index is -4.39. The van der Waals surface area contributed by atoms with Crippen LogP contribution in [0.4, 0.5) is 0 Å². The van der Waals surface area contributed by atoms with Crippen molar-refractivity contribution in [1.29, 1.82) is 0 Å². The van der Waals surface area contributed by atoms with Gasteiger partial charge in [0.05, 0.1) is 27.7 Å². The summed E-state index contributed by atoms with van der Waals surface area (Å²) in [6.07, 6.45) is 61.9. The fourth-order valence-electron chi connectivity index (χ4n) is 7.97. The zero-order chi connectivity index (χ0) is 49.9. The van der Waals surface area contributed by atoms with Gasteiger partial charge in [-0.2, -0.15) is 0 Å². The van der Waals surface area contributed by atoms with Crippen LogP contribution in [-0.2, 0) is 32.7 Å². The molecule has 0 heterocycles. The molecule has 1 N–H and O–H groups in total. The molecular formula is C58H109NO8P+. The van der Waals surface area contributed by atoms with E-state index in [9.17, 15) is 19.0 Å². The van der Waals surface area contributed by atoms with Crippen LogP contribution in [0.5, 0.6) is 0 Å². The molecule has 0 bridgehead atoms. The lowest BCUT2D eigenvalue weighted by molar-refractivity contribution is -0.870. The number of esters is 2. The van der Waals surface area contributed by atoms with Gasteiger partial charge in [0, 0.05) is 12.8 Å². The molecule has 0 radical (unpaired) electrons. The molecule has 68 heavy (non-hydrogen) atoms. The number of ether oxygens (including phenoxy) is 2. The predicted molar refractivity (Wildman–Crippen MR) is 289 cm³/mol. The normalized spacial score (nSPS) is 13.7. The van der Waals surface area contributed by atoms with Crippen LogP contribution in [0.25, 0.3) is 0 Å². The van der Waals surface area contributed by atoms with Crippen LogP contribution in [0.15, 0.2) is 48.6 Å². The molecule has 0 saturated carbocycles. The number of hydrogen-bond acceptors (Lipinski definition) is 7. The average molecular weight is 979 g/mol. The van der Waals surface area contributed by atoms with Crippen molar-refractivity contribution in [2.75, 3.05) is 47.5 Å². The van der Waals surface area contributed by atoms with E-state index in [1.165, 1.54) is 154 Å². The number of quaternary nitrogens is 1. The number of unbranched alkanes of at least 4 members (excludes halogenated alkanes) is 30. The summed E-state index contributed by atoms with van der Waals surface area (Å²) in [5.74, 6) is -0.810. The summed E-state index contributed by atoms with van der Waals surface area (Å²) in [5, 5.41) is 0. The largest absolute Gasteiger partial charge is 0.472 e. The standard InChI is InChI=1S/C58H108NO8P/c1-6-8-10-12-14-16-18-20-22-23-24-25-26-27-28-29-30-31-32-33-34-35-37-38-40-42-44-46-48-50-57(60)64-54-56(55-66-68(62,63)65-53-52-59(3,4)5)67-58(61)51-49-47-45-43-41-39-36-21-19-17-15-13-11-9-7-2/h9,11,15,17,21,23-24,36,56H,6-8,10,12-14,16,18-20,22,25-35,37-55H2,1-5H3/p+1/b11-9-,17-15-,24-23-,36-21-. The number of carbonyl (C=O) groups is 2. The maximum atomic E-state index is 12.7. The van der Waals surface area contributed by atoms with Gasteiger partial charge in [-0.05, 0) is 70.6 Å². The van der Waals surface area contributed by atoms with E-state index in [-0.39, 0.29) is 32.0 Å². The van der Waals surface area contributed by atoms with E-state index >= 15 is 0 Å². The van der Waals surface area contributed by atoms with Crippen LogP contribution in [-0.4, -0.2) is 74.9 Å². The average Bonchev–Trinajstić information content (AvgIpc) is 3.30. The van der Waals surface area contributed by atoms with E-state index in [1.807, 2.05) is 21.1 Å². The smallest absolute Gasteiger partial charge is 0.462 e. The second-order valence-electron chi connectivity index (χ2n) is 20.3. The van der Waals surface area contributed by atoms with Gasteiger partial charge in [0.1, 0.15) is 19.8 Å². The third-order valence-corrected chi connectivity index (χ3v) is 13.3. The minimum Gasteiger partial charge on any atom is -0.462 e.